The van der Waals surface area contributed by atoms with Crippen LogP contribution in [0.5, 0.6) is 0 Å². The molecule has 0 spiro atoms. The van der Waals surface area contributed by atoms with E-state index in [4.69, 9.17) is 0 Å². The summed E-state index contributed by atoms with van der Waals surface area (Å²) >= 11 is 0. The Morgan fingerprint density at radius 1 is 1.14 bits per heavy atom. The summed E-state index contributed by atoms with van der Waals surface area (Å²) in [5, 5.41) is 3.24. The van der Waals surface area contributed by atoms with E-state index in [1.807, 2.05) is 0 Å². The van der Waals surface area contributed by atoms with Gasteiger partial charge in [0.15, 0.2) is 0 Å². The van der Waals surface area contributed by atoms with Crippen LogP contribution in [0, 0.1) is 5.92 Å². The van der Waals surface area contributed by atoms with Gasteiger partial charge in [-0.3, -0.25) is 14.7 Å². The molecule has 1 amide bonds. The largest absolute Gasteiger partial charge is 0.355 e. The van der Waals surface area contributed by atoms with E-state index in [2.05, 4.69) is 63.2 Å². The Hall–Kier alpha value is -2.47. The summed E-state index contributed by atoms with van der Waals surface area (Å²) in [6.45, 7) is 8.84. The molecular weight excluding hydrogens is 362 g/mol. The lowest BCUT2D eigenvalue weighted by Gasteiger charge is -2.42. The lowest BCUT2D eigenvalue weighted by Crippen LogP contribution is -2.54. The second kappa shape index (κ2) is 8.49. The molecule has 1 aromatic carbocycles. The number of hydrogen-bond acceptors (Lipinski definition) is 5. The molecule has 2 aromatic rings. The molecule has 154 valence electrons. The highest BCUT2D eigenvalue weighted by molar-refractivity contribution is 5.79. The van der Waals surface area contributed by atoms with Gasteiger partial charge < -0.3 is 10.2 Å². The molecule has 29 heavy (non-hydrogen) atoms. The number of amides is 1. The van der Waals surface area contributed by atoms with Crippen LogP contribution in [0.1, 0.15) is 37.8 Å². The van der Waals surface area contributed by atoms with Crippen LogP contribution in [0.25, 0.3) is 0 Å². The normalized spacial score (nSPS) is 18.3. The van der Waals surface area contributed by atoms with Gasteiger partial charge >= 0.3 is 0 Å². The van der Waals surface area contributed by atoms with Gasteiger partial charge in [-0.15, -0.1) is 0 Å². The van der Waals surface area contributed by atoms with Crippen LogP contribution >= 0.6 is 0 Å². The molecule has 2 aliphatic rings. The maximum atomic E-state index is 12.8. The molecule has 1 N–H and O–H groups in total. The zero-order valence-electron chi connectivity index (χ0n) is 17.5. The van der Waals surface area contributed by atoms with Crippen LogP contribution in [0.4, 0.5) is 5.82 Å². The van der Waals surface area contributed by atoms with Crippen molar-refractivity contribution in [2.75, 3.05) is 31.1 Å². The van der Waals surface area contributed by atoms with Crippen molar-refractivity contribution in [1.82, 2.24) is 20.2 Å². The van der Waals surface area contributed by atoms with Crippen LogP contribution in [-0.4, -0.2) is 52.5 Å². The molecule has 2 aliphatic heterocycles. The molecular formula is C23H31N5O. The third-order valence-corrected chi connectivity index (χ3v) is 6.42. The Morgan fingerprint density at radius 3 is 2.62 bits per heavy atom. The second-order valence-electron chi connectivity index (χ2n) is 8.80. The lowest BCUT2D eigenvalue weighted by atomic mass is 9.93. The van der Waals surface area contributed by atoms with Crippen molar-refractivity contribution in [2.24, 2.45) is 5.92 Å². The average Bonchev–Trinajstić information content (AvgIpc) is 2.78. The lowest BCUT2D eigenvalue weighted by molar-refractivity contribution is -0.126. The van der Waals surface area contributed by atoms with Gasteiger partial charge in [-0.2, -0.15) is 0 Å². The van der Waals surface area contributed by atoms with Crippen LogP contribution in [0.3, 0.4) is 0 Å². The Morgan fingerprint density at radius 2 is 1.90 bits per heavy atom. The number of hydrogen-bond donors (Lipinski definition) is 1. The maximum absolute atomic E-state index is 12.8. The summed E-state index contributed by atoms with van der Waals surface area (Å²) < 4.78 is 0. The summed E-state index contributed by atoms with van der Waals surface area (Å²) in [6, 6.07) is 8.69. The van der Waals surface area contributed by atoms with E-state index < -0.39 is 0 Å². The molecule has 1 saturated heterocycles. The molecule has 0 atom stereocenters. The fraction of sp³-hybridized carbons (Fsp3) is 0.522. The molecule has 0 aliphatic carbocycles. The minimum atomic E-state index is -0.0660. The van der Waals surface area contributed by atoms with E-state index in [0.29, 0.717) is 6.54 Å². The standard InChI is InChI=1S/C23H31N5O/c1-23(2,28-14-9-18-5-3-4-6-20(18)16-28)17-26-22(29)19-7-12-27(13-8-19)21-15-24-10-11-25-21/h3-6,10-11,15,19H,7-9,12-14,16-17H2,1-2H3,(H,26,29). The minimum Gasteiger partial charge on any atom is -0.355 e. The number of piperidine rings is 1. The van der Waals surface area contributed by atoms with Crippen molar-refractivity contribution >= 4 is 11.7 Å². The van der Waals surface area contributed by atoms with Gasteiger partial charge in [0.2, 0.25) is 5.91 Å². The van der Waals surface area contributed by atoms with E-state index in [1.54, 1.807) is 18.6 Å². The molecule has 0 unspecified atom stereocenters. The monoisotopic (exact) mass is 393 g/mol. The van der Waals surface area contributed by atoms with Crippen molar-refractivity contribution in [3.63, 3.8) is 0 Å². The molecule has 1 aromatic heterocycles. The number of fused-ring (bicyclic) bond motifs is 1. The van der Waals surface area contributed by atoms with Crippen molar-refractivity contribution < 1.29 is 4.79 Å². The zero-order chi connectivity index (χ0) is 20.3. The van der Waals surface area contributed by atoms with Gasteiger partial charge in [0.25, 0.3) is 0 Å². The maximum Gasteiger partial charge on any atom is 0.223 e. The predicted molar refractivity (Wildman–Crippen MR) is 115 cm³/mol. The summed E-state index contributed by atoms with van der Waals surface area (Å²) in [4.78, 5) is 26.0. The first kappa shape index (κ1) is 19.8. The highest BCUT2D eigenvalue weighted by atomic mass is 16.1. The quantitative estimate of drug-likeness (QED) is 0.846. The average molecular weight is 394 g/mol. The van der Waals surface area contributed by atoms with Crippen molar-refractivity contribution in [3.05, 3.63) is 54.0 Å². The topological polar surface area (TPSA) is 61.4 Å². The van der Waals surface area contributed by atoms with E-state index in [1.165, 1.54) is 11.1 Å². The number of rotatable bonds is 5. The number of nitrogens with one attached hydrogen (secondary N) is 1. The minimum absolute atomic E-state index is 0.0660. The second-order valence-corrected chi connectivity index (χ2v) is 8.80. The summed E-state index contributed by atoms with van der Waals surface area (Å²) in [5.41, 5.74) is 2.80. The molecule has 6 nitrogen and oxygen atoms in total. The van der Waals surface area contributed by atoms with Gasteiger partial charge in [0.1, 0.15) is 5.82 Å². The van der Waals surface area contributed by atoms with Gasteiger partial charge in [-0.1, -0.05) is 24.3 Å². The number of nitrogens with zero attached hydrogens (tertiary/aromatic N) is 4. The molecule has 0 radical (unpaired) electrons. The molecule has 0 bridgehead atoms. The fourth-order valence-corrected chi connectivity index (χ4v) is 4.40. The summed E-state index contributed by atoms with van der Waals surface area (Å²) in [6.07, 6.45) is 8.00. The SMILES string of the molecule is CC(C)(CNC(=O)C1CCN(c2cnccn2)CC1)N1CCc2ccccc2C1. The van der Waals surface area contributed by atoms with E-state index in [9.17, 15) is 4.79 Å². The number of carbonyl (C=O) groups is 1. The Kier molecular flexibility index (Phi) is 5.81. The van der Waals surface area contributed by atoms with Gasteiger partial charge in [0, 0.05) is 56.6 Å². The van der Waals surface area contributed by atoms with Gasteiger partial charge in [0.05, 0.1) is 6.20 Å². The van der Waals surface area contributed by atoms with Crippen LogP contribution in [-0.2, 0) is 17.8 Å². The van der Waals surface area contributed by atoms with Crippen molar-refractivity contribution in [3.8, 4) is 0 Å². The van der Waals surface area contributed by atoms with Crippen molar-refractivity contribution in [2.45, 2.75) is 45.2 Å². The zero-order valence-corrected chi connectivity index (χ0v) is 17.5. The number of carbonyl (C=O) groups excluding carboxylic acids is 1. The third-order valence-electron chi connectivity index (χ3n) is 6.42. The van der Waals surface area contributed by atoms with Crippen LogP contribution < -0.4 is 10.2 Å². The Labute approximate surface area is 173 Å². The summed E-state index contributed by atoms with van der Waals surface area (Å²) in [5.74, 6) is 1.17. The first-order valence-electron chi connectivity index (χ1n) is 10.6. The molecule has 6 heteroatoms. The van der Waals surface area contributed by atoms with Gasteiger partial charge in [-0.05, 0) is 44.2 Å². The predicted octanol–water partition coefficient (Wildman–Crippen LogP) is 2.65. The van der Waals surface area contributed by atoms with Crippen LogP contribution in [0.2, 0.25) is 0 Å². The van der Waals surface area contributed by atoms with E-state index >= 15 is 0 Å². The fourth-order valence-electron chi connectivity index (χ4n) is 4.40. The Bertz CT molecular complexity index is 830. The molecule has 4 rings (SSSR count). The number of benzene rings is 1. The highest BCUT2D eigenvalue weighted by Crippen LogP contribution is 2.26. The van der Waals surface area contributed by atoms with Gasteiger partial charge in [-0.25, -0.2) is 4.98 Å². The third kappa shape index (κ3) is 4.58. The first-order chi connectivity index (χ1) is 14.0. The summed E-state index contributed by atoms with van der Waals surface area (Å²) in [7, 11) is 0. The molecule has 3 heterocycles. The number of aromatic nitrogens is 2. The molecule has 1 fully saturated rings. The van der Waals surface area contributed by atoms with Crippen LogP contribution in [0.15, 0.2) is 42.9 Å². The first-order valence-corrected chi connectivity index (χ1v) is 10.6. The Balaban J connectivity index is 1.27. The smallest absolute Gasteiger partial charge is 0.223 e. The van der Waals surface area contributed by atoms with Crippen molar-refractivity contribution in [1.29, 1.82) is 0 Å². The van der Waals surface area contributed by atoms with E-state index in [0.717, 1.165) is 51.3 Å². The highest BCUT2D eigenvalue weighted by Gasteiger charge is 2.32. The number of anilines is 1. The van der Waals surface area contributed by atoms with E-state index in [-0.39, 0.29) is 17.4 Å². The molecule has 0 saturated carbocycles.